The Labute approximate surface area is 149 Å². The molecule has 1 fully saturated rings. The molecule has 0 unspecified atom stereocenters. The lowest BCUT2D eigenvalue weighted by Crippen LogP contribution is -2.24. The van der Waals surface area contributed by atoms with Gasteiger partial charge in [-0.25, -0.2) is 0 Å². The number of phenols is 1. The molecule has 1 saturated heterocycles. The second kappa shape index (κ2) is 5.51. The summed E-state index contributed by atoms with van der Waals surface area (Å²) in [4.78, 5) is 38.5. The fourth-order valence-electron chi connectivity index (χ4n) is 3.52. The number of rotatable bonds is 3. The maximum absolute atomic E-state index is 13.1. The van der Waals surface area contributed by atoms with Gasteiger partial charge in [-0.3, -0.25) is 14.4 Å². The van der Waals surface area contributed by atoms with Crippen LogP contribution < -0.4 is 4.74 Å². The number of hydrogen-bond acceptors (Lipinski definition) is 6. The third-order valence-electron chi connectivity index (χ3n) is 4.90. The molecular formula is C20H16O6. The van der Waals surface area contributed by atoms with E-state index in [4.69, 9.17) is 9.47 Å². The van der Waals surface area contributed by atoms with Gasteiger partial charge in [0.2, 0.25) is 5.78 Å². The van der Waals surface area contributed by atoms with E-state index in [2.05, 4.69) is 0 Å². The molecule has 0 bridgehead atoms. The zero-order chi connectivity index (χ0) is 18.7. The highest BCUT2D eigenvalue weighted by Crippen LogP contribution is 2.41. The van der Waals surface area contributed by atoms with Gasteiger partial charge in [-0.2, -0.15) is 0 Å². The molecule has 6 heteroatoms. The Morgan fingerprint density at radius 3 is 2.46 bits per heavy atom. The number of methoxy groups -OCH3 is 1. The molecule has 1 aliphatic carbocycles. The molecule has 0 aromatic heterocycles. The molecule has 1 heterocycles. The van der Waals surface area contributed by atoms with Crippen LogP contribution in [0.4, 0.5) is 0 Å². The summed E-state index contributed by atoms with van der Waals surface area (Å²) in [6.45, 7) is 3.38. The lowest BCUT2D eigenvalue weighted by Gasteiger charge is -2.22. The second-order valence-corrected chi connectivity index (χ2v) is 6.51. The quantitative estimate of drug-likeness (QED) is 0.575. The predicted molar refractivity (Wildman–Crippen MR) is 91.4 cm³/mol. The van der Waals surface area contributed by atoms with Gasteiger partial charge in [0.15, 0.2) is 11.6 Å². The number of carbonyl (C=O) groups excluding carboxylic acids is 3. The van der Waals surface area contributed by atoms with Crippen molar-refractivity contribution in [3.05, 3.63) is 57.6 Å². The summed E-state index contributed by atoms with van der Waals surface area (Å²) >= 11 is 0. The molecule has 1 N–H and O–H groups in total. The number of carbonyl (C=O) groups is 3. The lowest BCUT2D eigenvalue weighted by molar-refractivity contribution is 0.0946. The van der Waals surface area contributed by atoms with Crippen LogP contribution in [0.25, 0.3) is 0 Å². The third-order valence-corrected chi connectivity index (χ3v) is 4.90. The summed E-state index contributed by atoms with van der Waals surface area (Å²) in [6.07, 6.45) is -0.857. The van der Waals surface area contributed by atoms with Crippen LogP contribution in [0, 0.1) is 6.92 Å². The van der Waals surface area contributed by atoms with Crippen LogP contribution >= 0.6 is 0 Å². The Kier molecular flexibility index (Phi) is 3.49. The first-order valence-corrected chi connectivity index (χ1v) is 8.19. The number of epoxide rings is 1. The molecule has 0 amide bonds. The van der Waals surface area contributed by atoms with Crippen molar-refractivity contribution >= 4 is 17.3 Å². The second-order valence-electron chi connectivity index (χ2n) is 6.51. The van der Waals surface area contributed by atoms with E-state index in [0.717, 1.165) is 0 Å². The predicted octanol–water partition coefficient (Wildman–Crippen LogP) is 2.45. The largest absolute Gasteiger partial charge is 0.506 e. The summed E-state index contributed by atoms with van der Waals surface area (Å²) in [5, 5.41) is 10.7. The Morgan fingerprint density at radius 2 is 1.85 bits per heavy atom. The highest BCUT2D eigenvalue weighted by molar-refractivity contribution is 6.31. The van der Waals surface area contributed by atoms with E-state index in [0.29, 0.717) is 5.56 Å². The average molecular weight is 352 g/mol. The van der Waals surface area contributed by atoms with E-state index in [1.165, 1.54) is 13.2 Å². The van der Waals surface area contributed by atoms with Crippen LogP contribution in [0.1, 0.15) is 54.7 Å². The van der Waals surface area contributed by atoms with Crippen LogP contribution in [-0.4, -0.2) is 41.8 Å². The summed E-state index contributed by atoms with van der Waals surface area (Å²) < 4.78 is 10.4. The first-order chi connectivity index (χ1) is 12.4. The first kappa shape index (κ1) is 16.5. The van der Waals surface area contributed by atoms with Crippen molar-refractivity contribution in [1.29, 1.82) is 0 Å². The Hall–Kier alpha value is -2.99. The number of benzene rings is 2. The number of hydrogen-bond donors (Lipinski definition) is 1. The third kappa shape index (κ3) is 2.12. The number of Topliss-reactive ketones (excluding diaryl/α,β-unsaturated/α-hetero) is 1. The van der Waals surface area contributed by atoms with Crippen molar-refractivity contribution in [3.63, 3.8) is 0 Å². The molecule has 1 aliphatic heterocycles. The van der Waals surface area contributed by atoms with Crippen LogP contribution in [0.5, 0.6) is 11.5 Å². The first-order valence-electron chi connectivity index (χ1n) is 8.19. The molecule has 2 aromatic carbocycles. The van der Waals surface area contributed by atoms with Gasteiger partial charge in [0, 0.05) is 11.1 Å². The van der Waals surface area contributed by atoms with E-state index < -0.39 is 17.6 Å². The summed E-state index contributed by atoms with van der Waals surface area (Å²) in [5.41, 5.74) is 0.709. The van der Waals surface area contributed by atoms with Crippen molar-refractivity contribution in [1.82, 2.24) is 0 Å². The minimum Gasteiger partial charge on any atom is -0.506 e. The molecule has 26 heavy (non-hydrogen) atoms. The molecule has 2 atom stereocenters. The molecule has 6 nitrogen and oxygen atoms in total. The fourth-order valence-corrected chi connectivity index (χ4v) is 3.52. The molecule has 0 saturated carbocycles. The number of ether oxygens (including phenoxy) is 2. The zero-order valence-electron chi connectivity index (χ0n) is 14.5. The molecule has 2 aliphatic rings. The number of aryl methyl sites for hydroxylation is 1. The smallest absolute Gasteiger partial charge is 0.202 e. The van der Waals surface area contributed by atoms with Crippen LogP contribution in [-0.2, 0) is 4.74 Å². The maximum atomic E-state index is 13.1. The van der Waals surface area contributed by atoms with Gasteiger partial charge in [0.05, 0.1) is 29.9 Å². The Balaban J connectivity index is 1.95. The Morgan fingerprint density at radius 1 is 1.15 bits per heavy atom. The molecule has 0 spiro atoms. The van der Waals surface area contributed by atoms with Gasteiger partial charge in [-0.1, -0.05) is 12.1 Å². The van der Waals surface area contributed by atoms with Crippen molar-refractivity contribution in [2.24, 2.45) is 0 Å². The minimum absolute atomic E-state index is 0.0256. The van der Waals surface area contributed by atoms with E-state index in [-0.39, 0.29) is 51.2 Å². The van der Waals surface area contributed by atoms with Gasteiger partial charge in [-0.05, 0) is 31.5 Å². The van der Waals surface area contributed by atoms with Crippen LogP contribution in [0.3, 0.4) is 0 Å². The molecule has 4 rings (SSSR count). The number of ketones is 3. The average Bonchev–Trinajstić information content (AvgIpc) is 3.35. The normalized spacial score (nSPS) is 20.4. The van der Waals surface area contributed by atoms with E-state index in [1.807, 2.05) is 0 Å². The van der Waals surface area contributed by atoms with E-state index in [1.54, 1.807) is 32.0 Å². The van der Waals surface area contributed by atoms with Gasteiger partial charge < -0.3 is 14.6 Å². The van der Waals surface area contributed by atoms with Crippen molar-refractivity contribution < 1.29 is 29.0 Å². The summed E-state index contributed by atoms with van der Waals surface area (Å²) in [7, 11) is 1.40. The maximum Gasteiger partial charge on any atom is 0.202 e. The van der Waals surface area contributed by atoms with Crippen LogP contribution in [0.2, 0.25) is 0 Å². The van der Waals surface area contributed by atoms with Crippen molar-refractivity contribution in [2.75, 3.05) is 7.11 Å². The van der Waals surface area contributed by atoms with E-state index >= 15 is 0 Å². The molecular weight excluding hydrogens is 336 g/mol. The van der Waals surface area contributed by atoms with Gasteiger partial charge in [0.1, 0.15) is 17.6 Å². The topological polar surface area (TPSA) is 93.2 Å². The lowest BCUT2D eigenvalue weighted by atomic mass is 9.80. The molecule has 0 radical (unpaired) electrons. The number of phenolic OH excluding ortho intramolecular Hbond substituents is 1. The fraction of sp³-hybridized carbons (Fsp3) is 0.250. The zero-order valence-corrected chi connectivity index (χ0v) is 14.5. The van der Waals surface area contributed by atoms with Gasteiger partial charge >= 0.3 is 0 Å². The number of fused-ring (bicyclic) bond motifs is 2. The highest BCUT2D eigenvalue weighted by Gasteiger charge is 2.44. The summed E-state index contributed by atoms with van der Waals surface area (Å²) in [6, 6.07) is 6.24. The molecule has 132 valence electrons. The molecule has 2 aromatic rings. The van der Waals surface area contributed by atoms with Gasteiger partial charge in [-0.15, -0.1) is 0 Å². The monoisotopic (exact) mass is 352 g/mol. The summed E-state index contributed by atoms with van der Waals surface area (Å²) in [5.74, 6) is -1.53. The minimum atomic E-state index is -0.631. The van der Waals surface area contributed by atoms with Crippen LogP contribution in [0.15, 0.2) is 24.3 Å². The van der Waals surface area contributed by atoms with Crippen molar-refractivity contribution in [2.45, 2.75) is 26.1 Å². The van der Waals surface area contributed by atoms with Crippen molar-refractivity contribution in [3.8, 4) is 11.5 Å². The number of aromatic hydroxyl groups is 1. The highest BCUT2D eigenvalue weighted by atomic mass is 16.6. The standard InChI is InChI=1S/C20H16O6/c1-8-7-11-15(17(22)13(8)19(24)20-9(2)26-20)18(23)14-10(16(11)21)5-4-6-12(14)25-3/h4-7,9,20,22H,1-3H3/t9-,20+/m0/s1. The van der Waals surface area contributed by atoms with Gasteiger partial charge in [0.25, 0.3) is 0 Å². The Bertz CT molecular complexity index is 1000. The SMILES string of the molecule is COc1cccc2c1C(=O)c1c(cc(C)c(C(=O)[C@@H]3O[C@H]3C)c1O)C2=O. The van der Waals surface area contributed by atoms with E-state index in [9.17, 15) is 19.5 Å².